The van der Waals surface area contributed by atoms with E-state index in [1.165, 1.54) is 11.1 Å². The Morgan fingerprint density at radius 1 is 0.731 bits per heavy atom. The van der Waals surface area contributed by atoms with Gasteiger partial charge in [-0.15, -0.1) is 0 Å². The molecule has 0 spiro atoms. The quantitative estimate of drug-likeness (QED) is 0.567. The van der Waals surface area contributed by atoms with Gasteiger partial charge in [-0.05, 0) is 41.0 Å². The van der Waals surface area contributed by atoms with Crippen LogP contribution in [-0.2, 0) is 0 Å². The van der Waals surface area contributed by atoms with Crippen molar-refractivity contribution in [2.75, 3.05) is 26.6 Å². The number of fused-ring (bicyclic) bond motifs is 2. The first-order chi connectivity index (χ1) is 12.7. The number of anilines is 2. The van der Waals surface area contributed by atoms with E-state index in [-0.39, 0.29) is 5.92 Å². The van der Waals surface area contributed by atoms with Crippen LogP contribution in [0.5, 0.6) is 17.2 Å². The molecule has 4 rings (SSSR count). The Bertz CT molecular complexity index is 930. The normalized spacial score (nSPS) is 14.7. The van der Waals surface area contributed by atoms with Crippen molar-refractivity contribution in [2.45, 2.75) is 5.92 Å². The van der Waals surface area contributed by atoms with Crippen LogP contribution < -0.4 is 19.5 Å². The van der Waals surface area contributed by atoms with E-state index in [0.29, 0.717) is 0 Å². The highest BCUT2D eigenvalue weighted by molar-refractivity contribution is 5.79. The highest BCUT2D eigenvalue weighted by Gasteiger charge is 2.29. The van der Waals surface area contributed by atoms with Gasteiger partial charge in [0.05, 0.1) is 27.0 Å². The molecule has 1 N–H and O–H groups in total. The van der Waals surface area contributed by atoms with Gasteiger partial charge in [-0.1, -0.05) is 30.3 Å². The number of hydrogen-bond donors (Lipinski definition) is 1. The Morgan fingerprint density at radius 2 is 1.42 bits per heavy atom. The van der Waals surface area contributed by atoms with E-state index in [2.05, 4.69) is 41.7 Å². The molecule has 26 heavy (non-hydrogen) atoms. The van der Waals surface area contributed by atoms with E-state index < -0.39 is 0 Å². The fourth-order valence-electron chi connectivity index (χ4n) is 3.61. The molecule has 0 amide bonds. The third kappa shape index (κ3) is 2.64. The lowest BCUT2D eigenvalue weighted by Gasteiger charge is -2.31. The number of para-hydroxylation sites is 2. The average molecular weight is 347 g/mol. The maximum Gasteiger partial charge on any atom is 0.142 e. The van der Waals surface area contributed by atoms with Crippen LogP contribution in [0.2, 0.25) is 0 Å². The highest BCUT2D eigenvalue weighted by atomic mass is 16.5. The molecule has 1 aliphatic rings. The number of benzene rings is 3. The number of ether oxygens (including phenoxy) is 3. The summed E-state index contributed by atoms with van der Waals surface area (Å²) in [6.45, 7) is 0. The Morgan fingerprint density at radius 3 is 2.12 bits per heavy atom. The fraction of sp³-hybridized carbons (Fsp3) is 0.182. The van der Waals surface area contributed by atoms with E-state index in [1.807, 2.05) is 24.3 Å². The smallest absolute Gasteiger partial charge is 0.142 e. The standard InChI is InChI=1S/C22H21NO3/c1-24-15-11-14(12-16(13-15)25-2)21-17-7-4-5-9-19(17)23-22-18(21)8-6-10-20(22)26-3/h4-13,21,23H,1-3H3. The Hall–Kier alpha value is -3.14. The van der Waals surface area contributed by atoms with Crippen molar-refractivity contribution in [3.63, 3.8) is 0 Å². The van der Waals surface area contributed by atoms with Crippen molar-refractivity contribution in [1.82, 2.24) is 0 Å². The summed E-state index contributed by atoms with van der Waals surface area (Å²) in [5.74, 6) is 2.44. The Kier molecular flexibility index (Phi) is 4.17. The molecule has 4 heteroatoms. The molecule has 1 aliphatic heterocycles. The van der Waals surface area contributed by atoms with Gasteiger partial charge in [0.25, 0.3) is 0 Å². The van der Waals surface area contributed by atoms with E-state index in [4.69, 9.17) is 14.2 Å². The van der Waals surface area contributed by atoms with Crippen LogP contribution in [0.15, 0.2) is 60.7 Å². The molecule has 0 radical (unpaired) electrons. The summed E-state index contributed by atoms with van der Waals surface area (Å²) < 4.78 is 16.6. The third-order valence-corrected chi connectivity index (χ3v) is 4.83. The molecule has 4 nitrogen and oxygen atoms in total. The zero-order valence-corrected chi connectivity index (χ0v) is 15.1. The number of rotatable bonds is 4. The first-order valence-corrected chi connectivity index (χ1v) is 8.51. The summed E-state index contributed by atoms with van der Waals surface area (Å²) in [6, 6.07) is 20.5. The van der Waals surface area contributed by atoms with Crippen molar-refractivity contribution in [3.05, 3.63) is 77.4 Å². The topological polar surface area (TPSA) is 39.7 Å². The Balaban J connectivity index is 1.97. The lowest BCUT2D eigenvalue weighted by atomic mass is 9.81. The predicted molar refractivity (Wildman–Crippen MR) is 103 cm³/mol. The molecule has 132 valence electrons. The van der Waals surface area contributed by atoms with E-state index >= 15 is 0 Å². The SMILES string of the molecule is COc1cc(OC)cc(C2c3ccccc3Nc3c(OC)cccc32)c1. The second-order valence-electron chi connectivity index (χ2n) is 6.22. The van der Waals surface area contributed by atoms with E-state index in [0.717, 1.165) is 34.2 Å². The molecule has 0 bridgehead atoms. The third-order valence-electron chi connectivity index (χ3n) is 4.83. The summed E-state index contributed by atoms with van der Waals surface area (Å²) in [5, 5.41) is 3.53. The van der Waals surface area contributed by atoms with Crippen molar-refractivity contribution < 1.29 is 14.2 Å². The number of nitrogens with one attached hydrogen (secondary N) is 1. The lowest BCUT2D eigenvalue weighted by molar-refractivity contribution is 0.393. The highest BCUT2D eigenvalue weighted by Crippen LogP contribution is 2.48. The van der Waals surface area contributed by atoms with Crippen LogP contribution in [0.1, 0.15) is 22.6 Å². The summed E-state index contributed by atoms with van der Waals surface area (Å²) in [5.41, 5.74) is 5.57. The van der Waals surface area contributed by atoms with Crippen molar-refractivity contribution in [2.24, 2.45) is 0 Å². The average Bonchev–Trinajstić information content (AvgIpc) is 2.70. The van der Waals surface area contributed by atoms with Crippen molar-refractivity contribution in [1.29, 1.82) is 0 Å². The van der Waals surface area contributed by atoms with E-state index in [1.54, 1.807) is 21.3 Å². The van der Waals surface area contributed by atoms with Gasteiger partial charge in [-0.3, -0.25) is 0 Å². The molecule has 0 fully saturated rings. The molecule has 0 aliphatic carbocycles. The minimum atomic E-state index is 0.0570. The monoisotopic (exact) mass is 347 g/mol. The van der Waals surface area contributed by atoms with E-state index in [9.17, 15) is 0 Å². The molecule has 3 aromatic rings. The van der Waals surface area contributed by atoms with Crippen LogP contribution in [0, 0.1) is 0 Å². The molecule has 3 aromatic carbocycles. The molecular formula is C22H21NO3. The van der Waals surface area contributed by atoms with Crippen LogP contribution in [0.3, 0.4) is 0 Å². The maximum absolute atomic E-state index is 5.59. The summed E-state index contributed by atoms with van der Waals surface area (Å²) in [7, 11) is 5.04. The van der Waals surface area contributed by atoms with Gasteiger partial charge >= 0.3 is 0 Å². The van der Waals surface area contributed by atoms with Crippen molar-refractivity contribution in [3.8, 4) is 17.2 Å². The number of methoxy groups -OCH3 is 3. The molecule has 0 aromatic heterocycles. The van der Waals surface area contributed by atoms with Gasteiger partial charge in [-0.25, -0.2) is 0 Å². The second kappa shape index (κ2) is 6.64. The van der Waals surface area contributed by atoms with Crippen LogP contribution in [-0.4, -0.2) is 21.3 Å². The second-order valence-corrected chi connectivity index (χ2v) is 6.22. The van der Waals surface area contributed by atoms with Gasteiger partial charge < -0.3 is 19.5 Å². The van der Waals surface area contributed by atoms with Crippen LogP contribution in [0.4, 0.5) is 11.4 Å². The fourth-order valence-corrected chi connectivity index (χ4v) is 3.61. The molecular weight excluding hydrogens is 326 g/mol. The first kappa shape index (κ1) is 16.3. The molecule has 1 atom stereocenters. The molecule has 0 saturated heterocycles. The minimum Gasteiger partial charge on any atom is -0.497 e. The van der Waals surface area contributed by atoms with Gasteiger partial charge in [0.15, 0.2) is 0 Å². The van der Waals surface area contributed by atoms with Gasteiger partial charge in [0.1, 0.15) is 17.2 Å². The Labute approximate surface area is 153 Å². The molecule has 0 saturated carbocycles. The largest absolute Gasteiger partial charge is 0.497 e. The van der Waals surface area contributed by atoms with Gasteiger partial charge in [0, 0.05) is 17.7 Å². The summed E-state index contributed by atoms with van der Waals surface area (Å²) in [6.07, 6.45) is 0. The first-order valence-electron chi connectivity index (χ1n) is 8.51. The zero-order chi connectivity index (χ0) is 18.1. The molecule has 1 unspecified atom stereocenters. The maximum atomic E-state index is 5.59. The minimum absolute atomic E-state index is 0.0570. The van der Waals surface area contributed by atoms with Gasteiger partial charge in [0.2, 0.25) is 0 Å². The molecule has 1 heterocycles. The van der Waals surface area contributed by atoms with Crippen LogP contribution >= 0.6 is 0 Å². The van der Waals surface area contributed by atoms with Crippen LogP contribution in [0.25, 0.3) is 0 Å². The lowest BCUT2D eigenvalue weighted by Crippen LogP contribution is -2.15. The summed E-state index contributed by atoms with van der Waals surface area (Å²) >= 11 is 0. The van der Waals surface area contributed by atoms with Gasteiger partial charge in [-0.2, -0.15) is 0 Å². The summed E-state index contributed by atoms with van der Waals surface area (Å²) in [4.78, 5) is 0. The number of hydrogen-bond acceptors (Lipinski definition) is 4. The predicted octanol–water partition coefficient (Wildman–Crippen LogP) is 4.95. The zero-order valence-electron chi connectivity index (χ0n) is 15.1. The van der Waals surface area contributed by atoms with Crippen molar-refractivity contribution >= 4 is 11.4 Å².